The molecule has 0 fully saturated rings. The van der Waals surface area contributed by atoms with Crippen molar-refractivity contribution >= 4 is 11.7 Å². The fourth-order valence-corrected chi connectivity index (χ4v) is 1.84. The molecule has 2 amide bonds. The molecule has 1 unspecified atom stereocenters. The lowest BCUT2D eigenvalue weighted by Crippen LogP contribution is -2.41. The highest BCUT2D eigenvalue weighted by Gasteiger charge is 2.18. The van der Waals surface area contributed by atoms with Gasteiger partial charge in [-0.1, -0.05) is 13.8 Å². The summed E-state index contributed by atoms with van der Waals surface area (Å²) in [5.74, 6) is -0.982. The minimum atomic E-state index is -3.09. The van der Waals surface area contributed by atoms with E-state index >= 15 is 0 Å². The van der Waals surface area contributed by atoms with E-state index in [0.717, 1.165) is 18.2 Å². The number of rotatable bonds is 7. The highest BCUT2D eigenvalue weighted by Crippen LogP contribution is 2.27. The van der Waals surface area contributed by atoms with Gasteiger partial charge in [0, 0.05) is 18.7 Å². The van der Waals surface area contributed by atoms with E-state index in [1.165, 1.54) is 0 Å². The number of benzene rings is 1. The molecule has 0 aliphatic carbocycles. The number of aliphatic hydroxyl groups is 1. The van der Waals surface area contributed by atoms with Crippen molar-refractivity contribution in [1.29, 1.82) is 0 Å². The van der Waals surface area contributed by atoms with Crippen LogP contribution in [0.4, 0.5) is 23.7 Å². The zero-order valence-electron chi connectivity index (χ0n) is 12.3. The summed E-state index contributed by atoms with van der Waals surface area (Å²) in [6, 6.07) is 1.83. The number of carbonyl (C=O) groups is 1. The van der Waals surface area contributed by atoms with Gasteiger partial charge in [0.05, 0.1) is 5.69 Å². The molecule has 8 heteroatoms. The summed E-state index contributed by atoms with van der Waals surface area (Å²) in [5.41, 5.74) is -0.204. The zero-order chi connectivity index (χ0) is 16.7. The van der Waals surface area contributed by atoms with Crippen LogP contribution in [-0.4, -0.2) is 30.4 Å². The number of alkyl halides is 2. The Bertz CT molecular complexity index is 498. The number of urea groups is 1. The van der Waals surface area contributed by atoms with Crippen molar-refractivity contribution in [2.45, 2.75) is 32.9 Å². The Hall–Kier alpha value is -1.96. The van der Waals surface area contributed by atoms with E-state index in [0.29, 0.717) is 6.42 Å². The molecule has 124 valence electrons. The number of amides is 2. The van der Waals surface area contributed by atoms with Crippen LogP contribution in [0.15, 0.2) is 18.2 Å². The van der Waals surface area contributed by atoms with Crippen LogP contribution in [0.25, 0.3) is 0 Å². The Balaban J connectivity index is 2.80. The summed E-state index contributed by atoms with van der Waals surface area (Å²) in [6.07, 6.45) is 0.342. The molecule has 0 heterocycles. The van der Waals surface area contributed by atoms with Crippen molar-refractivity contribution in [3.05, 3.63) is 24.0 Å². The lowest BCUT2D eigenvalue weighted by molar-refractivity contribution is -0.0494. The van der Waals surface area contributed by atoms with Gasteiger partial charge in [0.2, 0.25) is 0 Å². The van der Waals surface area contributed by atoms with E-state index < -0.39 is 18.5 Å². The maximum absolute atomic E-state index is 13.2. The molecule has 1 aromatic carbocycles. The summed E-state index contributed by atoms with van der Waals surface area (Å²) in [4.78, 5) is 11.9. The number of hydrogen-bond donors (Lipinski definition) is 3. The van der Waals surface area contributed by atoms with Gasteiger partial charge in [0.15, 0.2) is 0 Å². The van der Waals surface area contributed by atoms with E-state index in [2.05, 4.69) is 15.4 Å². The van der Waals surface area contributed by atoms with Crippen LogP contribution in [0.5, 0.6) is 5.75 Å². The molecule has 22 heavy (non-hydrogen) atoms. The van der Waals surface area contributed by atoms with Crippen molar-refractivity contribution in [2.75, 3.05) is 11.9 Å². The Morgan fingerprint density at radius 1 is 1.36 bits per heavy atom. The molecule has 1 atom stereocenters. The molecule has 1 aromatic rings. The van der Waals surface area contributed by atoms with Gasteiger partial charge in [0.1, 0.15) is 11.6 Å². The third-order valence-corrected chi connectivity index (χ3v) is 2.97. The minimum Gasteiger partial charge on any atom is -0.433 e. The summed E-state index contributed by atoms with van der Waals surface area (Å²) in [5, 5.41) is 13.8. The Kier molecular flexibility index (Phi) is 6.97. The SMILES string of the molecule is CC(C)C(CCO)NC(=O)Nc1cc(F)ccc1OC(F)F. The molecule has 0 spiro atoms. The molecule has 3 N–H and O–H groups in total. The third kappa shape index (κ3) is 5.80. The summed E-state index contributed by atoms with van der Waals surface area (Å²) < 4.78 is 42.0. The van der Waals surface area contributed by atoms with Gasteiger partial charge in [0.25, 0.3) is 0 Å². The first-order chi connectivity index (χ1) is 10.3. The van der Waals surface area contributed by atoms with Gasteiger partial charge in [-0.05, 0) is 24.5 Å². The number of anilines is 1. The van der Waals surface area contributed by atoms with Crippen LogP contribution >= 0.6 is 0 Å². The van der Waals surface area contributed by atoms with Crippen molar-refractivity contribution in [2.24, 2.45) is 5.92 Å². The zero-order valence-corrected chi connectivity index (χ0v) is 12.3. The lowest BCUT2D eigenvalue weighted by Gasteiger charge is -2.22. The van der Waals surface area contributed by atoms with Crippen molar-refractivity contribution in [3.8, 4) is 5.75 Å². The Labute approximate surface area is 126 Å². The van der Waals surface area contributed by atoms with Crippen LogP contribution in [0.2, 0.25) is 0 Å². The molecule has 0 aliphatic rings. The Morgan fingerprint density at radius 3 is 2.59 bits per heavy atom. The number of carbonyl (C=O) groups excluding carboxylic acids is 1. The summed E-state index contributed by atoms with van der Waals surface area (Å²) in [7, 11) is 0. The standard InChI is InChI=1S/C14H19F3N2O3/c1-8(2)10(5-6-20)18-14(21)19-11-7-9(15)3-4-12(11)22-13(16)17/h3-4,7-8,10,13,20H,5-6H2,1-2H3,(H2,18,19,21). The molecule has 0 aliphatic heterocycles. The van der Waals surface area contributed by atoms with Crippen molar-refractivity contribution in [3.63, 3.8) is 0 Å². The van der Waals surface area contributed by atoms with Crippen molar-refractivity contribution in [1.82, 2.24) is 5.32 Å². The molecule has 1 rings (SSSR count). The largest absolute Gasteiger partial charge is 0.433 e. The molecular formula is C14H19F3N2O3. The molecule has 5 nitrogen and oxygen atoms in total. The van der Waals surface area contributed by atoms with Crippen LogP contribution in [0.1, 0.15) is 20.3 Å². The lowest BCUT2D eigenvalue weighted by atomic mass is 10.0. The molecular weight excluding hydrogens is 301 g/mol. The Morgan fingerprint density at radius 2 is 2.05 bits per heavy atom. The number of aliphatic hydroxyl groups excluding tert-OH is 1. The maximum Gasteiger partial charge on any atom is 0.387 e. The number of ether oxygens (including phenoxy) is 1. The van der Waals surface area contributed by atoms with E-state index in [4.69, 9.17) is 5.11 Å². The fraction of sp³-hybridized carbons (Fsp3) is 0.500. The van der Waals surface area contributed by atoms with Gasteiger partial charge < -0.3 is 20.5 Å². The van der Waals surface area contributed by atoms with Gasteiger partial charge in [-0.15, -0.1) is 0 Å². The highest BCUT2D eigenvalue weighted by atomic mass is 19.3. The van der Waals surface area contributed by atoms with Crippen LogP contribution < -0.4 is 15.4 Å². The summed E-state index contributed by atoms with van der Waals surface area (Å²) in [6.45, 7) is 0.511. The second-order valence-electron chi connectivity index (χ2n) is 4.98. The average molecular weight is 320 g/mol. The van der Waals surface area contributed by atoms with Crippen LogP contribution in [0, 0.1) is 11.7 Å². The minimum absolute atomic E-state index is 0.0576. The average Bonchev–Trinajstić information content (AvgIpc) is 2.40. The first-order valence-corrected chi connectivity index (χ1v) is 6.76. The van der Waals surface area contributed by atoms with E-state index in [1.54, 1.807) is 0 Å². The van der Waals surface area contributed by atoms with E-state index in [-0.39, 0.29) is 30.0 Å². The normalized spacial score (nSPS) is 12.4. The first-order valence-electron chi connectivity index (χ1n) is 6.76. The predicted octanol–water partition coefficient (Wildman–Crippen LogP) is 2.96. The second-order valence-corrected chi connectivity index (χ2v) is 4.98. The first kappa shape index (κ1) is 18.1. The third-order valence-electron chi connectivity index (χ3n) is 2.97. The molecule has 0 saturated heterocycles. The van der Waals surface area contributed by atoms with Crippen LogP contribution in [0.3, 0.4) is 0 Å². The molecule has 0 saturated carbocycles. The number of hydrogen-bond acceptors (Lipinski definition) is 3. The summed E-state index contributed by atoms with van der Waals surface area (Å²) >= 11 is 0. The molecule has 0 aromatic heterocycles. The smallest absolute Gasteiger partial charge is 0.387 e. The van der Waals surface area contributed by atoms with Crippen LogP contribution in [-0.2, 0) is 0 Å². The highest BCUT2D eigenvalue weighted by molar-refractivity contribution is 5.91. The van der Waals surface area contributed by atoms with Gasteiger partial charge in [-0.3, -0.25) is 0 Å². The van der Waals surface area contributed by atoms with Crippen molar-refractivity contribution < 1.29 is 27.8 Å². The monoisotopic (exact) mass is 320 g/mol. The van der Waals surface area contributed by atoms with Gasteiger partial charge in [-0.2, -0.15) is 8.78 Å². The second kappa shape index (κ2) is 8.47. The van der Waals surface area contributed by atoms with E-state index in [1.807, 2.05) is 13.8 Å². The molecule has 0 bridgehead atoms. The van der Waals surface area contributed by atoms with Gasteiger partial charge >= 0.3 is 12.6 Å². The maximum atomic E-state index is 13.2. The van der Waals surface area contributed by atoms with E-state index in [9.17, 15) is 18.0 Å². The quantitative estimate of drug-likeness (QED) is 0.723. The van der Waals surface area contributed by atoms with Gasteiger partial charge in [-0.25, -0.2) is 9.18 Å². The number of nitrogens with one attached hydrogen (secondary N) is 2. The topological polar surface area (TPSA) is 70.6 Å². The number of halogens is 3. The molecule has 0 radical (unpaired) electrons. The fourth-order valence-electron chi connectivity index (χ4n) is 1.84. The predicted molar refractivity (Wildman–Crippen MR) is 75.5 cm³/mol.